The molecule has 0 atom stereocenters. The molecule has 0 radical (unpaired) electrons. The van der Waals surface area contributed by atoms with E-state index >= 15 is 0 Å². The van der Waals surface area contributed by atoms with Crippen LogP contribution in [-0.4, -0.2) is 0 Å². The summed E-state index contributed by atoms with van der Waals surface area (Å²) in [7, 11) is 0. The molecule has 1 nitrogen and oxygen atoms in total. The Labute approximate surface area is 315 Å². The van der Waals surface area contributed by atoms with Crippen molar-refractivity contribution in [2.45, 2.75) is 0 Å². The van der Waals surface area contributed by atoms with Gasteiger partial charge in [0.05, 0.1) is 20.6 Å². The molecule has 0 saturated carbocycles. The summed E-state index contributed by atoms with van der Waals surface area (Å²) in [4.78, 5) is 0. The van der Waals surface area contributed by atoms with Gasteiger partial charge in [-0.25, -0.2) is 0 Å². The third kappa shape index (κ3) is 4.22. The first-order valence-electron chi connectivity index (χ1n) is 23.9. The average Bonchev–Trinajstić information content (AvgIpc) is 3.72. The molecule has 0 fully saturated rings. The highest BCUT2D eigenvalue weighted by molar-refractivity contribution is 6.24. The number of furan rings is 1. The first-order valence-corrected chi connectivity index (χ1v) is 16.4. The second kappa shape index (κ2) is 10.9. The fourth-order valence-corrected chi connectivity index (χ4v) is 7.52. The van der Waals surface area contributed by atoms with Gasteiger partial charge in [0, 0.05) is 16.3 Å². The highest BCUT2D eigenvalue weighted by atomic mass is 16.3. The summed E-state index contributed by atoms with van der Waals surface area (Å²) in [5, 5.41) is 3.52. The minimum absolute atomic E-state index is 0.0410. The van der Waals surface area contributed by atoms with Crippen LogP contribution in [0.5, 0.6) is 0 Å². The van der Waals surface area contributed by atoms with E-state index in [1.807, 2.05) is 66.7 Å². The first kappa shape index (κ1) is 17.3. The van der Waals surface area contributed by atoms with Crippen molar-refractivity contribution in [1.29, 1.82) is 0 Å². The molecule has 236 valence electrons. The lowest BCUT2D eigenvalue weighted by molar-refractivity contribution is 0.670. The normalized spacial score (nSPS) is 16.0. The summed E-state index contributed by atoms with van der Waals surface area (Å²) in [5.74, 6) is 0. The van der Waals surface area contributed by atoms with Crippen molar-refractivity contribution < 1.29 is 25.0 Å². The molecule has 10 aromatic carbocycles. The number of benzene rings is 10. The molecule has 51 heavy (non-hydrogen) atoms. The molecular formula is C50H30O. The first-order chi connectivity index (χ1) is 31.5. The van der Waals surface area contributed by atoms with Gasteiger partial charge in [0.15, 0.2) is 0 Å². The molecule has 1 heterocycles. The Kier molecular flexibility index (Phi) is 3.70. The molecule has 0 saturated heterocycles. The molecule has 0 unspecified atom stereocenters. The Morgan fingerprint density at radius 3 is 1.88 bits per heavy atom. The van der Waals surface area contributed by atoms with E-state index in [-0.39, 0.29) is 32.7 Å². The summed E-state index contributed by atoms with van der Waals surface area (Å²) >= 11 is 0. The van der Waals surface area contributed by atoms with Crippen LogP contribution in [0.4, 0.5) is 0 Å². The molecular weight excluding hydrogens is 617 g/mol. The highest BCUT2D eigenvalue weighted by Gasteiger charge is 2.19. The Bertz CT molecular complexity index is 3980. The molecule has 0 aliphatic heterocycles. The lowest BCUT2D eigenvalue weighted by atomic mass is 9.84. The van der Waals surface area contributed by atoms with Crippen LogP contribution in [0.25, 0.3) is 109 Å². The van der Waals surface area contributed by atoms with Crippen LogP contribution < -0.4 is 0 Å². The van der Waals surface area contributed by atoms with Gasteiger partial charge < -0.3 is 4.42 Å². The minimum atomic E-state index is -0.738. The molecule has 1 heteroatoms. The Morgan fingerprint density at radius 1 is 0.392 bits per heavy atom. The zero-order valence-corrected chi connectivity index (χ0v) is 26.6. The van der Waals surface area contributed by atoms with Crippen molar-refractivity contribution in [3.63, 3.8) is 0 Å². The van der Waals surface area contributed by atoms with Crippen LogP contribution in [-0.2, 0) is 0 Å². The molecule has 0 bridgehead atoms. The van der Waals surface area contributed by atoms with Crippen LogP contribution in [0.2, 0.25) is 0 Å². The lowest BCUT2D eigenvalue weighted by Crippen LogP contribution is -1.92. The van der Waals surface area contributed by atoms with Crippen molar-refractivity contribution in [2.24, 2.45) is 0 Å². The smallest absolute Gasteiger partial charge is 0.143 e. The van der Waals surface area contributed by atoms with Gasteiger partial charge in [-0.15, -0.1) is 0 Å². The molecule has 11 aromatic rings. The summed E-state index contributed by atoms with van der Waals surface area (Å²) in [5.41, 5.74) is 2.57. The van der Waals surface area contributed by atoms with Crippen molar-refractivity contribution in [1.82, 2.24) is 0 Å². The average molecular weight is 662 g/mol. The molecule has 11 rings (SSSR count). The maximum atomic E-state index is 9.50. The van der Waals surface area contributed by atoms with Gasteiger partial charge in [-0.2, -0.15) is 0 Å². The van der Waals surface area contributed by atoms with Gasteiger partial charge in [0.2, 0.25) is 0 Å². The number of para-hydroxylation sites is 1. The van der Waals surface area contributed by atoms with E-state index < -0.39 is 107 Å². The minimum Gasteiger partial charge on any atom is -0.455 e. The van der Waals surface area contributed by atoms with Crippen LogP contribution in [0.15, 0.2) is 186 Å². The topological polar surface area (TPSA) is 13.1 Å². The van der Waals surface area contributed by atoms with Gasteiger partial charge in [0.1, 0.15) is 11.2 Å². The standard InChI is InChI=1S/C50H30O/c1-2-13-33-29-36(24-23-31(33)11-1)47-41-16-5-7-18-43(41)48(44-19-8-6-17-42(44)47)40-21-9-14-34-30-35(25-27-37(34)40)39-20-10-22-45-49-38-15-4-3-12-32(38)26-28-46(49)51-50(39)45/h1-30H/i1D,2D,5D,6D,7D,8D,11D,13D,16D,17D,18D,19D,23D,24D,29D. The van der Waals surface area contributed by atoms with Crippen molar-refractivity contribution >= 4 is 75.8 Å². The largest absolute Gasteiger partial charge is 0.455 e. The predicted molar refractivity (Wildman–Crippen MR) is 218 cm³/mol. The van der Waals surface area contributed by atoms with Crippen molar-refractivity contribution in [3.8, 4) is 33.4 Å². The summed E-state index contributed by atoms with van der Waals surface area (Å²) < 4.78 is 142. The molecule has 0 spiro atoms. The van der Waals surface area contributed by atoms with Crippen LogP contribution in [0, 0.1) is 0 Å². The van der Waals surface area contributed by atoms with Crippen molar-refractivity contribution in [2.75, 3.05) is 0 Å². The van der Waals surface area contributed by atoms with E-state index in [2.05, 4.69) is 12.1 Å². The SMILES string of the molecule is [2H]c1c([2H])c([2H])c2c([2H])c(-c3c4c([2H])c([2H])c([2H])c([2H])c4c(-c4cccc5cc(-c6cccc7c6oc6ccc8ccccc8c67)ccc45)c4c([2H])c([2H])c([2H])c([2H])c34)c([2H])c([2H])c2c1[2H]. The quantitative estimate of drug-likeness (QED) is 0.172. The number of rotatable bonds is 3. The summed E-state index contributed by atoms with van der Waals surface area (Å²) in [6.45, 7) is 0. The Morgan fingerprint density at radius 2 is 1.06 bits per heavy atom. The van der Waals surface area contributed by atoms with Gasteiger partial charge in [-0.1, -0.05) is 163 Å². The monoisotopic (exact) mass is 661 g/mol. The number of fused-ring (bicyclic) bond motifs is 9. The third-order valence-electron chi connectivity index (χ3n) is 9.72. The van der Waals surface area contributed by atoms with Gasteiger partial charge in [0.25, 0.3) is 0 Å². The summed E-state index contributed by atoms with van der Waals surface area (Å²) in [6.07, 6.45) is 0. The van der Waals surface area contributed by atoms with Crippen LogP contribution >= 0.6 is 0 Å². The Hall–Kier alpha value is -6.70. The number of hydrogen-bond donors (Lipinski definition) is 0. The van der Waals surface area contributed by atoms with E-state index in [1.165, 1.54) is 0 Å². The van der Waals surface area contributed by atoms with Gasteiger partial charge in [-0.3, -0.25) is 0 Å². The zero-order chi connectivity index (χ0) is 46.5. The van der Waals surface area contributed by atoms with Gasteiger partial charge in [-0.05, 0) is 99.9 Å². The maximum absolute atomic E-state index is 9.50. The molecule has 0 aliphatic carbocycles. The zero-order valence-electron chi connectivity index (χ0n) is 41.6. The van der Waals surface area contributed by atoms with E-state index in [0.717, 1.165) is 38.3 Å². The van der Waals surface area contributed by atoms with Gasteiger partial charge >= 0.3 is 0 Å². The molecule has 0 aliphatic rings. The molecule has 0 N–H and O–H groups in total. The fourth-order valence-electron chi connectivity index (χ4n) is 7.52. The third-order valence-corrected chi connectivity index (χ3v) is 9.72. The second-order valence-electron chi connectivity index (χ2n) is 12.4. The molecule has 1 aromatic heterocycles. The number of hydrogen-bond acceptors (Lipinski definition) is 1. The fraction of sp³-hybridized carbons (Fsp3) is 0. The molecule has 0 amide bonds. The van der Waals surface area contributed by atoms with Crippen LogP contribution in [0.3, 0.4) is 0 Å². The van der Waals surface area contributed by atoms with E-state index in [4.69, 9.17) is 16.8 Å². The van der Waals surface area contributed by atoms with Crippen molar-refractivity contribution in [3.05, 3.63) is 182 Å². The van der Waals surface area contributed by atoms with E-state index in [1.54, 1.807) is 12.1 Å². The Balaban J connectivity index is 1.28. The lowest BCUT2D eigenvalue weighted by Gasteiger charge is -2.19. The predicted octanol–water partition coefficient (Wildman–Crippen LogP) is 14.4. The van der Waals surface area contributed by atoms with E-state index in [0.29, 0.717) is 21.9 Å². The summed E-state index contributed by atoms with van der Waals surface area (Å²) in [6, 6.07) is 19.0. The second-order valence-corrected chi connectivity index (χ2v) is 12.4. The maximum Gasteiger partial charge on any atom is 0.143 e. The van der Waals surface area contributed by atoms with E-state index in [9.17, 15) is 8.22 Å². The highest BCUT2D eigenvalue weighted by Crippen LogP contribution is 2.46. The van der Waals surface area contributed by atoms with Crippen LogP contribution in [0.1, 0.15) is 20.6 Å².